The summed E-state index contributed by atoms with van der Waals surface area (Å²) >= 11 is 0. The molecule has 6 nitrogen and oxygen atoms in total. The molecule has 232 valence electrons. The molecule has 0 aliphatic carbocycles. The van der Waals surface area contributed by atoms with Gasteiger partial charge in [0.15, 0.2) is 0 Å². The van der Waals surface area contributed by atoms with Crippen LogP contribution in [-0.4, -0.2) is 47.0 Å². The van der Waals surface area contributed by atoms with Crippen LogP contribution in [0.2, 0.25) is 0 Å². The second-order valence-electron chi connectivity index (χ2n) is 10.5. The van der Waals surface area contributed by atoms with Crippen molar-refractivity contribution in [3.8, 4) is 11.1 Å². The number of piperazine rings is 1. The molecule has 4 aromatic rings. The predicted molar refractivity (Wildman–Crippen MR) is 170 cm³/mol. The third-order valence-electron chi connectivity index (χ3n) is 6.84. The van der Waals surface area contributed by atoms with E-state index in [1.165, 1.54) is 12.5 Å². The van der Waals surface area contributed by atoms with E-state index in [0.717, 1.165) is 52.6 Å². The van der Waals surface area contributed by atoms with Gasteiger partial charge in [-0.1, -0.05) is 64.4 Å². The average molecular weight is 596 g/mol. The second-order valence-corrected chi connectivity index (χ2v) is 10.5. The summed E-state index contributed by atoms with van der Waals surface area (Å²) in [6, 6.07) is 16.1. The van der Waals surface area contributed by atoms with E-state index in [1.54, 1.807) is 6.07 Å². The predicted octanol–water partition coefficient (Wildman–Crippen LogP) is 7.98. The molecule has 2 aromatic heterocycles. The van der Waals surface area contributed by atoms with Gasteiger partial charge in [-0.15, -0.1) is 0 Å². The molecule has 1 saturated heterocycles. The molecule has 0 radical (unpaired) electrons. The van der Waals surface area contributed by atoms with E-state index in [1.807, 2.05) is 56.1 Å². The van der Waals surface area contributed by atoms with Crippen LogP contribution in [0.1, 0.15) is 62.9 Å². The van der Waals surface area contributed by atoms with Gasteiger partial charge in [0.1, 0.15) is 5.65 Å². The molecular formula is C34H44F3N5O. The highest BCUT2D eigenvalue weighted by atomic mass is 19.4. The Hall–Kier alpha value is -3.69. The maximum absolute atomic E-state index is 13.8. The van der Waals surface area contributed by atoms with Gasteiger partial charge in [-0.3, -0.25) is 9.69 Å². The summed E-state index contributed by atoms with van der Waals surface area (Å²) in [4.78, 5) is 22.2. The fourth-order valence-corrected chi connectivity index (χ4v) is 4.82. The van der Waals surface area contributed by atoms with Gasteiger partial charge in [0.2, 0.25) is 5.91 Å². The van der Waals surface area contributed by atoms with Crippen molar-refractivity contribution in [1.29, 1.82) is 0 Å². The number of nitrogens with zero attached hydrogens (tertiary/aromatic N) is 2. The molecule has 3 N–H and O–H groups in total. The lowest BCUT2D eigenvalue weighted by atomic mass is 10.0. The number of rotatable bonds is 7. The molecule has 2 aromatic carbocycles. The Kier molecular flexibility index (Phi) is 12.8. The molecule has 1 amide bonds. The highest BCUT2D eigenvalue weighted by molar-refractivity contribution is 5.91. The molecule has 43 heavy (non-hydrogen) atoms. The largest absolute Gasteiger partial charge is 0.416 e. The lowest BCUT2D eigenvalue weighted by molar-refractivity contribution is -0.138. The number of pyridine rings is 1. The van der Waals surface area contributed by atoms with Crippen LogP contribution in [0.25, 0.3) is 22.2 Å². The Balaban J connectivity index is 0.000000953. The first-order valence-electron chi connectivity index (χ1n) is 15.1. The van der Waals surface area contributed by atoms with Crippen LogP contribution in [0.4, 0.5) is 18.9 Å². The number of fused-ring (bicyclic) bond motifs is 1. The van der Waals surface area contributed by atoms with Gasteiger partial charge < -0.3 is 15.6 Å². The van der Waals surface area contributed by atoms with Crippen molar-refractivity contribution >= 4 is 22.6 Å². The SMILES string of the molecule is CC.CCC.Cc1cc2cc(-c3ccc(CCC(=O)Nc4ccc(CN5CCNCC5)c(C(F)(F)F)c4)cc3)cnc2[nH]1. The lowest BCUT2D eigenvalue weighted by Crippen LogP contribution is -2.43. The van der Waals surface area contributed by atoms with Crippen LogP contribution in [0.5, 0.6) is 0 Å². The quantitative estimate of drug-likeness (QED) is 0.203. The normalized spacial score (nSPS) is 13.5. The number of carbonyl (C=O) groups excluding carboxylic acids is 1. The summed E-state index contributed by atoms with van der Waals surface area (Å²) in [5.74, 6) is -0.325. The van der Waals surface area contributed by atoms with Gasteiger partial charge in [-0.25, -0.2) is 4.98 Å². The Morgan fingerprint density at radius 3 is 2.30 bits per heavy atom. The van der Waals surface area contributed by atoms with Gasteiger partial charge in [0, 0.05) is 67.7 Å². The molecule has 9 heteroatoms. The number of amides is 1. The lowest BCUT2D eigenvalue weighted by Gasteiger charge is -2.28. The van der Waals surface area contributed by atoms with Gasteiger partial charge >= 0.3 is 6.18 Å². The number of carbonyl (C=O) groups is 1. The molecule has 3 heterocycles. The number of H-pyrrole nitrogens is 1. The number of anilines is 1. The van der Waals surface area contributed by atoms with Crippen LogP contribution >= 0.6 is 0 Å². The van der Waals surface area contributed by atoms with E-state index in [2.05, 4.69) is 46.6 Å². The number of benzene rings is 2. The van der Waals surface area contributed by atoms with Crippen LogP contribution in [-0.2, 0) is 23.9 Å². The number of hydrogen-bond acceptors (Lipinski definition) is 4. The maximum Gasteiger partial charge on any atom is 0.416 e. The molecule has 1 aliphatic rings. The van der Waals surface area contributed by atoms with Crippen molar-refractivity contribution in [3.63, 3.8) is 0 Å². The highest BCUT2D eigenvalue weighted by Crippen LogP contribution is 2.34. The molecule has 0 unspecified atom stereocenters. The number of hydrogen-bond donors (Lipinski definition) is 3. The summed E-state index contributed by atoms with van der Waals surface area (Å²) in [5.41, 5.74) is 4.57. The molecule has 1 aliphatic heterocycles. The highest BCUT2D eigenvalue weighted by Gasteiger charge is 2.34. The van der Waals surface area contributed by atoms with E-state index in [4.69, 9.17) is 0 Å². The molecule has 0 bridgehead atoms. The summed E-state index contributed by atoms with van der Waals surface area (Å²) in [7, 11) is 0. The van der Waals surface area contributed by atoms with E-state index in [9.17, 15) is 18.0 Å². The van der Waals surface area contributed by atoms with Crippen molar-refractivity contribution in [2.75, 3.05) is 31.5 Å². The fraction of sp³-hybridized carbons (Fsp3) is 0.412. The topological polar surface area (TPSA) is 73.1 Å². The Morgan fingerprint density at radius 2 is 1.65 bits per heavy atom. The third-order valence-corrected chi connectivity index (χ3v) is 6.84. The Morgan fingerprint density at radius 1 is 0.977 bits per heavy atom. The first-order chi connectivity index (χ1) is 20.7. The van der Waals surface area contributed by atoms with Crippen LogP contribution in [0, 0.1) is 6.92 Å². The zero-order valence-electron chi connectivity index (χ0n) is 25.9. The summed E-state index contributed by atoms with van der Waals surface area (Å²) in [6.45, 7) is 13.4. The number of aryl methyl sites for hydroxylation is 2. The number of nitrogens with one attached hydrogen (secondary N) is 3. The van der Waals surface area contributed by atoms with Crippen molar-refractivity contribution in [1.82, 2.24) is 20.2 Å². The van der Waals surface area contributed by atoms with Crippen molar-refractivity contribution < 1.29 is 18.0 Å². The molecule has 0 spiro atoms. The fourth-order valence-electron chi connectivity index (χ4n) is 4.82. The van der Waals surface area contributed by atoms with Gasteiger partial charge in [0.05, 0.1) is 5.56 Å². The standard InChI is InChI=1S/C29H30F3N5O.C3H8.C2H6/c1-19-14-23-15-24(17-34-28(23)35-19)21-5-2-20(3-6-21)4-9-27(38)36-25-8-7-22(26(16-25)29(30,31)32)18-37-12-10-33-11-13-37;1-3-2;1-2/h2-3,5-8,14-17,33H,4,9-13,18H2,1H3,(H,34,35)(H,36,38);3H2,1-2H3;1-2H3. The number of aromatic amines is 1. The van der Waals surface area contributed by atoms with Crippen molar-refractivity contribution in [2.45, 2.75) is 66.6 Å². The smallest absolute Gasteiger partial charge is 0.344 e. The number of halogens is 3. The van der Waals surface area contributed by atoms with Gasteiger partial charge in [0.25, 0.3) is 0 Å². The third kappa shape index (κ3) is 9.93. The molecular weight excluding hydrogens is 551 g/mol. The van der Waals surface area contributed by atoms with Crippen LogP contribution in [0.15, 0.2) is 60.8 Å². The summed E-state index contributed by atoms with van der Waals surface area (Å²) in [6.07, 6.45) is -0.774. The van der Waals surface area contributed by atoms with E-state index < -0.39 is 11.7 Å². The second kappa shape index (κ2) is 16.2. The first kappa shape index (κ1) is 33.8. The monoisotopic (exact) mass is 595 g/mol. The van der Waals surface area contributed by atoms with Gasteiger partial charge in [-0.05, 0) is 54.3 Å². The number of aromatic nitrogens is 2. The summed E-state index contributed by atoms with van der Waals surface area (Å²) in [5, 5.41) is 6.89. The number of alkyl halides is 3. The first-order valence-corrected chi connectivity index (χ1v) is 15.1. The molecule has 0 atom stereocenters. The minimum atomic E-state index is -4.49. The average Bonchev–Trinajstić information content (AvgIpc) is 3.38. The zero-order valence-corrected chi connectivity index (χ0v) is 25.9. The molecule has 1 fully saturated rings. The van der Waals surface area contributed by atoms with Crippen molar-refractivity contribution in [2.24, 2.45) is 0 Å². The van der Waals surface area contributed by atoms with E-state index in [-0.39, 0.29) is 30.1 Å². The zero-order chi connectivity index (χ0) is 31.4. The van der Waals surface area contributed by atoms with Crippen molar-refractivity contribution in [3.05, 3.63) is 83.2 Å². The van der Waals surface area contributed by atoms with E-state index >= 15 is 0 Å². The molecule has 5 rings (SSSR count). The Bertz CT molecular complexity index is 1440. The van der Waals surface area contributed by atoms with E-state index in [0.29, 0.717) is 19.5 Å². The molecule has 0 saturated carbocycles. The van der Waals surface area contributed by atoms with Crippen LogP contribution < -0.4 is 10.6 Å². The maximum atomic E-state index is 13.8. The van der Waals surface area contributed by atoms with Gasteiger partial charge in [-0.2, -0.15) is 13.2 Å². The minimum Gasteiger partial charge on any atom is -0.344 e. The Labute approximate surface area is 253 Å². The summed E-state index contributed by atoms with van der Waals surface area (Å²) < 4.78 is 41.3. The minimum absolute atomic E-state index is 0.157. The van der Waals surface area contributed by atoms with Crippen LogP contribution in [0.3, 0.4) is 0 Å².